The number of primary amides is 1. The van der Waals surface area contributed by atoms with Gasteiger partial charge in [0, 0.05) is 11.3 Å². The summed E-state index contributed by atoms with van der Waals surface area (Å²) in [7, 11) is 0. The number of rotatable bonds is 3. The minimum atomic E-state index is -0.443. The standard InChI is InChI=1S/C14H22N2O2/c1-8-6-10(16-9(2)13(15)18)7-11(12(8)17)14(3,4)5/h6-7,9,16-17H,1-5H3,(H2,15,18). The smallest absolute Gasteiger partial charge is 0.239 e. The van der Waals surface area contributed by atoms with Gasteiger partial charge in [0.05, 0.1) is 0 Å². The number of hydrogen-bond acceptors (Lipinski definition) is 3. The lowest BCUT2D eigenvalue weighted by molar-refractivity contribution is -0.118. The Morgan fingerprint density at radius 3 is 2.39 bits per heavy atom. The number of nitrogens with one attached hydrogen (secondary N) is 1. The van der Waals surface area contributed by atoms with Crippen LogP contribution in [0.15, 0.2) is 12.1 Å². The van der Waals surface area contributed by atoms with Gasteiger partial charge in [-0.25, -0.2) is 0 Å². The molecular weight excluding hydrogens is 228 g/mol. The number of aryl methyl sites for hydroxylation is 1. The van der Waals surface area contributed by atoms with Crippen LogP contribution in [0.5, 0.6) is 5.75 Å². The summed E-state index contributed by atoms with van der Waals surface area (Å²) in [4.78, 5) is 11.0. The van der Waals surface area contributed by atoms with Gasteiger partial charge in [-0.3, -0.25) is 4.79 Å². The molecule has 0 saturated heterocycles. The van der Waals surface area contributed by atoms with Gasteiger partial charge in [0.25, 0.3) is 0 Å². The summed E-state index contributed by atoms with van der Waals surface area (Å²) >= 11 is 0. The van der Waals surface area contributed by atoms with E-state index in [1.165, 1.54) is 0 Å². The van der Waals surface area contributed by atoms with E-state index in [9.17, 15) is 9.90 Å². The van der Waals surface area contributed by atoms with Gasteiger partial charge in [0.2, 0.25) is 5.91 Å². The van der Waals surface area contributed by atoms with E-state index in [4.69, 9.17) is 5.73 Å². The zero-order chi connectivity index (χ0) is 14.1. The molecule has 0 aliphatic carbocycles. The van der Waals surface area contributed by atoms with E-state index in [1.54, 1.807) is 6.92 Å². The lowest BCUT2D eigenvalue weighted by atomic mass is 9.85. The van der Waals surface area contributed by atoms with Crippen molar-refractivity contribution < 1.29 is 9.90 Å². The minimum absolute atomic E-state index is 0.164. The summed E-state index contributed by atoms with van der Waals surface area (Å²) in [5.41, 5.74) is 7.48. The van der Waals surface area contributed by atoms with Crippen molar-refractivity contribution in [1.29, 1.82) is 0 Å². The predicted molar refractivity (Wildman–Crippen MR) is 73.8 cm³/mol. The third kappa shape index (κ3) is 3.15. The zero-order valence-corrected chi connectivity index (χ0v) is 11.7. The molecule has 1 atom stereocenters. The van der Waals surface area contributed by atoms with Crippen molar-refractivity contribution in [2.24, 2.45) is 5.73 Å². The van der Waals surface area contributed by atoms with Crippen molar-refractivity contribution in [2.75, 3.05) is 5.32 Å². The molecule has 4 nitrogen and oxygen atoms in total. The Morgan fingerprint density at radius 2 is 1.94 bits per heavy atom. The maximum Gasteiger partial charge on any atom is 0.239 e. The lowest BCUT2D eigenvalue weighted by Gasteiger charge is -2.23. The molecule has 0 saturated carbocycles. The Bertz CT molecular complexity index is 462. The van der Waals surface area contributed by atoms with E-state index in [0.717, 1.165) is 16.8 Å². The Balaban J connectivity index is 3.17. The molecule has 0 spiro atoms. The average Bonchev–Trinajstić information content (AvgIpc) is 2.21. The van der Waals surface area contributed by atoms with Crippen molar-refractivity contribution in [3.05, 3.63) is 23.3 Å². The van der Waals surface area contributed by atoms with Gasteiger partial charge in [-0.2, -0.15) is 0 Å². The number of nitrogens with two attached hydrogens (primary N) is 1. The van der Waals surface area contributed by atoms with Crippen molar-refractivity contribution in [2.45, 2.75) is 46.1 Å². The number of carbonyl (C=O) groups excluding carboxylic acids is 1. The molecule has 18 heavy (non-hydrogen) atoms. The Morgan fingerprint density at radius 1 is 1.39 bits per heavy atom. The van der Waals surface area contributed by atoms with E-state index < -0.39 is 11.9 Å². The van der Waals surface area contributed by atoms with Gasteiger partial charge < -0.3 is 16.2 Å². The number of phenols is 1. The van der Waals surface area contributed by atoms with Crippen LogP contribution in [0.25, 0.3) is 0 Å². The minimum Gasteiger partial charge on any atom is -0.507 e. The molecule has 0 aromatic heterocycles. The van der Waals surface area contributed by atoms with Gasteiger partial charge in [0.15, 0.2) is 0 Å². The summed E-state index contributed by atoms with van der Waals surface area (Å²) in [5.74, 6) is -0.0992. The monoisotopic (exact) mass is 250 g/mol. The van der Waals surface area contributed by atoms with E-state index >= 15 is 0 Å². The molecular formula is C14H22N2O2. The first-order chi connectivity index (χ1) is 8.12. The van der Waals surface area contributed by atoms with E-state index in [0.29, 0.717) is 5.75 Å². The molecule has 0 radical (unpaired) electrons. The molecule has 0 aliphatic rings. The highest BCUT2D eigenvalue weighted by Crippen LogP contribution is 2.35. The van der Waals surface area contributed by atoms with Gasteiger partial charge in [-0.05, 0) is 37.0 Å². The molecule has 1 aromatic carbocycles. The third-order valence-corrected chi connectivity index (χ3v) is 2.92. The maximum absolute atomic E-state index is 11.0. The Hall–Kier alpha value is -1.71. The number of phenolic OH excluding ortho intramolecular Hbond substituents is 1. The number of amides is 1. The second-order valence-electron chi connectivity index (χ2n) is 5.71. The highest BCUT2D eigenvalue weighted by molar-refractivity contribution is 5.82. The van der Waals surface area contributed by atoms with Crippen LogP contribution in [-0.4, -0.2) is 17.1 Å². The van der Waals surface area contributed by atoms with Gasteiger partial charge >= 0.3 is 0 Å². The number of carbonyl (C=O) groups is 1. The summed E-state index contributed by atoms with van der Waals surface area (Å²) in [5, 5.41) is 13.1. The highest BCUT2D eigenvalue weighted by Gasteiger charge is 2.20. The number of aromatic hydroxyl groups is 1. The van der Waals surface area contributed by atoms with Crippen LogP contribution in [0.1, 0.15) is 38.8 Å². The fourth-order valence-corrected chi connectivity index (χ4v) is 1.76. The first-order valence-corrected chi connectivity index (χ1v) is 6.03. The number of anilines is 1. The molecule has 4 N–H and O–H groups in total. The first-order valence-electron chi connectivity index (χ1n) is 6.03. The van der Waals surface area contributed by atoms with Crippen LogP contribution < -0.4 is 11.1 Å². The van der Waals surface area contributed by atoms with Gasteiger partial charge in [0.1, 0.15) is 11.8 Å². The summed E-state index contributed by atoms with van der Waals surface area (Å²) < 4.78 is 0. The van der Waals surface area contributed by atoms with Crippen LogP contribution in [0.3, 0.4) is 0 Å². The topological polar surface area (TPSA) is 75.3 Å². The van der Waals surface area contributed by atoms with E-state index in [2.05, 4.69) is 5.32 Å². The van der Waals surface area contributed by atoms with E-state index in [-0.39, 0.29) is 5.41 Å². The number of benzene rings is 1. The molecule has 0 fully saturated rings. The van der Waals surface area contributed by atoms with E-state index in [1.807, 2.05) is 39.8 Å². The second kappa shape index (κ2) is 4.88. The molecule has 1 rings (SSSR count). The van der Waals surface area contributed by atoms with Crippen molar-refractivity contribution in [1.82, 2.24) is 0 Å². The highest BCUT2D eigenvalue weighted by atomic mass is 16.3. The third-order valence-electron chi connectivity index (χ3n) is 2.92. The maximum atomic E-state index is 11.0. The van der Waals surface area contributed by atoms with Gasteiger partial charge in [-0.15, -0.1) is 0 Å². The molecule has 0 heterocycles. The van der Waals surface area contributed by atoms with Crippen LogP contribution in [-0.2, 0) is 10.2 Å². The van der Waals surface area contributed by atoms with Crippen LogP contribution in [0.2, 0.25) is 0 Å². The van der Waals surface area contributed by atoms with Gasteiger partial charge in [-0.1, -0.05) is 20.8 Å². The van der Waals surface area contributed by atoms with Crippen molar-refractivity contribution in [3.8, 4) is 5.75 Å². The zero-order valence-electron chi connectivity index (χ0n) is 11.7. The SMILES string of the molecule is Cc1cc(NC(C)C(N)=O)cc(C(C)(C)C)c1O. The first kappa shape index (κ1) is 14.4. The molecule has 4 heteroatoms. The largest absolute Gasteiger partial charge is 0.507 e. The quantitative estimate of drug-likeness (QED) is 0.720. The molecule has 0 aliphatic heterocycles. The molecule has 1 amide bonds. The van der Waals surface area contributed by atoms with Crippen LogP contribution >= 0.6 is 0 Å². The van der Waals surface area contributed by atoms with Crippen LogP contribution in [0.4, 0.5) is 5.69 Å². The molecule has 0 bridgehead atoms. The molecule has 1 unspecified atom stereocenters. The Kier molecular flexibility index (Phi) is 3.89. The van der Waals surface area contributed by atoms with Crippen LogP contribution in [0, 0.1) is 6.92 Å². The summed E-state index contributed by atoms with van der Waals surface area (Å²) in [6, 6.07) is 3.23. The van der Waals surface area contributed by atoms with Crippen molar-refractivity contribution in [3.63, 3.8) is 0 Å². The molecule has 1 aromatic rings. The number of hydrogen-bond donors (Lipinski definition) is 3. The normalized spacial score (nSPS) is 13.2. The lowest BCUT2D eigenvalue weighted by Crippen LogP contribution is -2.32. The predicted octanol–water partition coefficient (Wildman–Crippen LogP) is 2.28. The molecule has 100 valence electrons. The summed E-state index contributed by atoms with van der Waals surface area (Å²) in [6.07, 6.45) is 0. The average molecular weight is 250 g/mol. The fraction of sp³-hybridized carbons (Fsp3) is 0.500. The van der Waals surface area contributed by atoms with Crippen molar-refractivity contribution >= 4 is 11.6 Å². The fourth-order valence-electron chi connectivity index (χ4n) is 1.76. The Labute approximate surface area is 108 Å². The summed E-state index contributed by atoms with van der Waals surface area (Å²) in [6.45, 7) is 9.64. The second-order valence-corrected chi connectivity index (χ2v) is 5.71.